The minimum absolute atomic E-state index is 0.0821. The van der Waals surface area contributed by atoms with Crippen molar-refractivity contribution in [3.63, 3.8) is 0 Å². The molecule has 0 spiro atoms. The Morgan fingerprint density at radius 1 is 1.26 bits per heavy atom. The van der Waals surface area contributed by atoms with Gasteiger partial charge in [-0.15, -0.1) is 0 Å². The molecular weight excluding hydrogens is 306 g/mol. The molecule has 0 saturated heterocycles. The second kappa shape index (κ2) is 4.93. The maximum absolute atomic E-state index is 11.9. The number of nitrogens with zero attached hydrogens (tertiary/aromatic N) is 3. The molecule has 2 aromatic heterocycles. The second-order valence-electron chi connectivity index (χ2n) is 4.21. The van der Waals surface area contributed by atoms with Crippen molar-refractivity contribution < 1.29 is 0 Å². The number of aromatic nitrogens is 3. The van der Waals surface area contributed by atoms with Gasteiger partial charge in [0.25, 0.3) is 5.56 Å². The molecular formula is C14H10BrN3O. The molecule has 3 aromatic rings. The summed E-state index contributed by atoms with van der Waals surface area (Å²) in [5.41, 5.74) is 1.91. The zero-order chi connectivity index (χ0) is 13.2. The summed E-state index contributed by atoms with van der Waals surface area (Å²) in [5.74, 6) is 0. The van der Waals surface area contributed by atoms with Gasteiger partial charge < -0.3 is 0 Å². The summed E-state index contributed by atoms with van der Waals surface area (Å²) < 4.78 is 2.04. The highest BCUT2D eigenvalue weighted by atomic mass is 79.9. The van der Waals surface area contributed by atoms with E-state index in [1.54, 1.807) is 17.1 Å². The standard InChI is InChI=1S/C14H10BrN3O/c15-12-7-16-9-18(14(12)19)8-10-3-4-13-11(6-10)2-1-5-17-13/h1-7,9H,8H2. The van der Waals surface area contributed by atoms with Crippen LogP contribution in [0.5, 0.6) is 0 Å². The molecule has 0 bridgehead atoms. The highest BCUT2D eigenvalue weighted by Gasteiger charge is 2.03. The molecule has 5 heteroatoms. The number of pyridine rings is 1. The van der Waals surface area contributed by atoms with Crippen molar-refractivity contribution in [2.24, 2.45) is 0 Å². The molecule has 0 amide bonds. The van der Waals surface area contributed by atoms with Gasteiger partial charge in [0.05, 0.1) is 18.4 Å². The van der Waals surface area contributed by atoms with Crippen molar-refractivity contribution in [2.45, 2.75) is 6.54 Å². The molecule has 3 rings (SSSR count). The first-order chi connectivity index (χ1) is 9.24. The van der Waals surface area contributed by atoms with Gasteiger partial charge in [0.2, 0.25) is 0 Å². The number of hydrogen-bond donors (Lipinski definition) is 0. The van der Waals surface area contributed by atoms with Gasteiger partial charge in [0, 0.05) is 17.8 Å². The van der Waals surface area contributed by atoms with Crippen molar-refractivity contribution in [2.75, 3.05) is 0 Å². The van der Waals surface area contributed by atoms with Gasteiger partial charge in [0.15, 0.2) is 0 Å². The molecule has 2 heterocycles. The highest BCUT2D eigenvalue weighted by molar-refractivity contribution is 9.10. The molecule has 0 aliphatic rings. The molecule has 1 aromatic carbocycles. The van der Waals surface area contributed by atoms with Gasteiger partial charge >= 0.3 is 0 Å². The molecule has 0 unspecified atom stereocenters. The Labute approximate surface area is 117 Å². The Morgan fingerprint density at radius 2 is 2.16 bits per heavy atom. The van der Waals surface area contributed by atoms with Crippen molar-refractivity contribution in [1.29, 1.82) is 0 Å². The van der Waals surface area contributed by atoms with Gasteiger partial charge in [-0.2, -0.15) is 0 Å². The molecule has 0 radical (unpaired) electrons. The minimum atomic E-state index is -0.0821. The number of halogens is 1. The van der Waals surface area contributed by atoms with Crippen LogP contribution in [0.1, 0.15) is 5.56 Å². The van der Waals surface area contributed by atoms with Crippen molar-refractivity contribution in [3.8, 4) is 0 Å². The smallest absolute Gasteiger partial charge is 0.267 e. The zero-order valence-electron chi connectivity index (χ0n) is 9.95. The van der Waals surface area contributed by atoms with Crippen LogP contribution < -0.4 is 5.56 Å². The molecule has 4 nitrogen and oxygen atoms in total. The molecule has 94 valence electrons. The number of hydrogen-bond acceptors (Lipinski definition) is 3. The Bertz CT molecular complexity index is 798. The Balaban J connectivity index is 2.01. The van der Waals surface area contributed by atoms with Crippen LogP contribution in [-0.2, 0) is 6.54 Å². The van der Waals surface area contributed by atoms with Crippen LogP contribution in [0.15, 0.2) is 58.3 Å². The summed E-state index contributed by atoms with van der Waals surface area (Å²) in [6.45, 7) is 0.496. The summed E-state index contributed by atoms with van der Waals surface area (Å²) in [4.78, 5) is 20.2. The van der Waals surface area contributed by atoms with E-state index in [0.29, 0.717) is 11.0 Å². The summed E-state index contributed by atoms with van der Waals surface area (Å²) in [7, 11) is 0. The molecule has 0 N–H and O–H groups in total. The SMILES string of the molecule is O=c1c(Br)cncn1Cc1ccc2ncccc2c1. The molecule has 0 atom stereocenters. The van der Waals surface area contributed by atoms with Gasteiger partial charge in [-0.1, -0.05) is 12.1 Å². The van der Waals surface area contributed by atoms with E-state index in [0.717, 1.165) is 16.5 Å². The third kappa shape index (κ3) is 2.42. The van der Waals surface area contributed by atoms with E-state index in [9.17, 15) is 4.79 Å². The zero-order valence-corrected chi connectivity index (χ0v) is 11.5. The largest absolute Gasteiger partial charge is 0.294 e. The van der Waals surface area contributed by atoms with E-state index in [4.69, 9.17) is 0 Å². The topological polar surface area (TPSA) is 47.8 Å². The lowest BCUT2D eigenvalue weighted by atomic mass is 10.1. The molecule has 0 fully saturated rings. The first-order valence-corrected chi connectivity index (χ1v) is 6.57. The fraction of sp³-hybridized carbons (Fsp3) is 0.0714. The number of benzene rings is 1. The van der Waals surface area contributed by atoms with E-state index in [-0.39, 0.29) is 5.56 Å². The maximum Gasteiger partial charge on any atom is 0.267 e. The second-order valence-corrected chi connectivity index (χ2v) is 5.06. The Kier molecular flexibility index (Phi) is 3.13. The Morgan fingerprint density at radius 3 is 3.05 bits per heavy atom. The van der Waals surface area contributed by atoms with E-state index in [1.807, 2.05) is 30.3 Å². The van der Waals surface area contributed by atoms with E-state index in [1.165, 1.54) is 6.20 Å². The first kappa shape index (κ1) is 12.0. The summed E-state index contributed by atoms with van der Waals surface area (Å²) >= 11 is 3.19. The van der Waals surface area contributed by atoms with Gasteiger partial charge in [-0.3, -0.25) is 14.3 Å². The predicted octanol–water partition coefficient (Wildman–Crippen LogP) is 2.60. The van der Waals surface area contributed by atoms with E-state index >= 15 is 0 Å². The molecule has 0 aliphatic carbocycles. The van der Waals surface area contributed by atoms with Crippen LogP contribution >= 0.6 is 15.9 Å². The lowest BCUT2D eigenvalue weighted by Crippen LogP contribution is -2.21. The van der Waals surface area contributed by atoms with Crippen LogP contribution in [0.2, 0.25) is 0 Å². The van der Waals surface area contributed by atoms with Crippen molar-refractivity contribution >= 4 is 26.8 Å². The molecule has 0 saturated carbocycles. The summed E-state index contributed by atoms with van der Waals surface area (Å²) in [6.07, 6.45) is 4.81. The monoisotopic (exact) mass is 315 g/mol. The quantitative estimate of drug-likeness (QED) is 0.730. The van der Waals surface area contributed by atoms with Crippen molar-refractivity contribution in [1.82, 2.24) is 14.5 Å². The fourth-order valence-corrected chi connectivity index (χ4v) is 2.30. The third-order valence-electron chi connectivity index (χ3n) is 2.88. The third-order valence-corrected chi connectivity index (χ3v) is 3.42. The lowest BCUT2D eigenvalue weighted by Gasteiger charge is -2.06. The van der Waals surface area contributed by atoms with E-state index < -0.39 is 0 Å². The summed E-state index contributed by atoms with van der Waals surface area (Å²) in [6, 6.07) is 9.88. The number of fused-ring (bicyclic) bond motifs is 1. The highest BCUT2D eigenvalue weighted by Crippen LogP contribution is 2.14. The normalized spacial score (nSPS) is 10.8. The van der Waals surface area contributed by atoms with Crippen molar-refractivity contribution in [3.05, 3.63) is 69.4 Å². The average molecular weight is 316 g/mol. The molecule has 19 heavy (non-hydrogen) atoms. The summed E-state index contributed by atoms with van der Waals surface area (Å²) in [5, 5.41) is 1.07. The minimum Gasteiger partial charge on any atom is -0.294 e. The molecule has 0 aliphatic heterocycles. The van der Waals surface area contributed by atoms with Crippen LogP contribution in [0, 0.1) is 0 Å². The van der Waals surface area contributed by atoms with Gasteiger partial charge in [-0.05, 0) is 39.7 Å². The van der Waals surface area contributed by atoms with Gasteiger partial charge in [0.1, 0.15) is 4.47 Å². The predicted molar refractivity (Wildman–Crippen MR) is 77.0 cm³/mol. The van der Waals surface area contributed by atoms with Crippen LogP contribution in [-0.4, -0.2) is 14.5 Å². The van der Waals surface area contributed by atoms with Crippen LogP contribution in [0.3, 0.4) is 0 Å². The number of rotatable bonds is 2. The fourth-order valence-electron chi connectivity index (χ4n) is 1.96. The van der Waals surface area contributed by atoms with Crippen LogP contribution in [0.25, 0.3) is 10.9 Å². The van der Waals surface area contributed by atoms with Gasteiger partial charge in [-0.25, -0.2) is 4.98 Å². The van der Waals surface area contributed by atoms with Crippen LogP contribution in [0.4, 0.5) is 0 Å². The maximum atomic E-state index is 11.9. The Hall–Kier alpha value is -2.01. The average Bonchev–Trinajstić information content (AvgIpc) is 2.44. The first-order valence-electron chi connectivity index (χ1n) is 5.77. The lowest BCUT2D eigenvalue weighted by molar-refractivity contribution is 0.731. The van der Waals surface area contributed by atoms with E-state index in [2.05, 4.69) is 25.9 Å².